The van der Waals surface area contributed by atoms with Crippen LogP contribution in [0.1, 0.15) is 124 Å². The third-order valence-corrected chi connectivity index (χ3v) is 14.4. The van der Waals surface area contributed by atoms with Crippen LogP contribution in [0.5, 0.6) is 0 Å². The van der Waals surface area contributed by atoms with Crippen LogP contribution in [-0.4, -0.2) is 44.6 Å². The molecule has 1 N–H and O–H groups in total. The number of hydrogen-bond donors (Lipinski definition) is 1. The van der Waals surface area contributed by atoms with Gasteiger partial charge >= 0.3 is 0 Å². The fraction of sp³-hybridized carbons (Fsp3) is 1.00. The van der Waals surface area contributed by atoms with Crippen LogP contribution in [0.15, 0.2) is 0 Å². The number of hydrogen-bond acceptors (Lipinski definition) is 4. The summed E-state index contributed by atoms with van der Waals surface area (Å²) >= 11 is 0. The summed E-state index contributed by atoms with van der Waals surface area (Å²) < 4.78 is 18.9. The van der Waals surface area contributed by atoms with Crippen molar-refractivity contribution in [2.24, 2.45) is 17.8 Å². The van der Waals surface area contributed by atoms with Gasteiger partial charge in [-0.2, -0.15) is 0 Å². The molecule has 35 heavy (non-hydrogen) atoms. The van der Waals surface area contributed by atoms with Crippen LogP contribution in [0, 0.1) is 17.8 Å². The van der Waals surface area contributed by atoms with E-state index >= 15 is 0 Å². The summed E-state index contributed by atoms with van der Waals surface area (Å²) in [4.78, 5) is 0. The van der Waals surface area contributed by atoms with E-state index in [4.69, 9.17) is 13.9 Å². The molecule has 1 saturated heterocycles. The Bertz CT molecular complexity index is 610. The van der Waals surface area contributed by atoms with E-state index in [1.165, 1.54) is 70.6 Å². The first-order chi connectivity index (χ1) is 16.6. The molecule has 0 amide bonds. The minimum atomic E-state index is -1.80. The summed E-state index contributed by atoms with van der Waals surface area (Å²) in [6.07, 6.45) is 19.1. The fourth-order valence-electron chi connectivity index (χ4n) is 6.61. The number of fused-ring (bicyclic) bond motifs is 2. The molecule has 1 spiro atoms. The molecule has 0 aromatic heterocycles. The van der Waals surface area contributed by atoms with Crippen molar-refractivity contribution < 1.29 is 19.0 Å². The Morgan fingerprint density at radius 3 is 2.06 bits per heavy atom. The third kappa shape index (κ3) is 7.78. The van der Waals surface area contributed by atoms with Gasteiger partial charge in [0.15, 0.2) is 14.1 Å². The lowest BCUT2D eigenvalue weighted by atomic mass is 9.66. The van der Waals surface area contributed by atoms with E-state index in [1.807, 2.05) is 0 Å². The summed E-state index contributed by atoms with van der Waals surface area (Å²) in [5.41, 5.74) is 0. The van der Waals surface area contributed by atoms with Gasteiger partial charge in [-0.05, 0) is 55.7 Å². The molecule has 0 aromatic rings. The summed E-state index contributed by atoms with van der Waals surface area (Å²) in [5.74, 6) is 0.991. The highest BCUT2D eigenvalue weighted by molar-refractivity contribution is 6.74. The van der Waals surface area contributed by atoms with Crippen molar-refractivity contribution in [1.29, 1.82) is 0 Å². The van der Waals surface area contributed by atoms with Gasteiger partial charge in [-0.1, -0.05) is 91.9 Å². The number of rotatable bonds is 16. The van der Waals surface area contributed by atoms with Crippen LogP contribution in [0.25, 0.3) is 0 Å². The Hall–Kier alpha value is 0.0569. The molecule has 3 fully saturated rings. The molecule has 5 unspecified atom stereocenters. The van der Waals surface area contributed by atoms with Crippen molar-refractivity contribution in [2.45, 2.75) is 160 Å². The lowest BCUT2D eigenvalue weighted by molar-refractivity contribution is -0.272. The van der Waals surface area contributed by atoms with Gasteiger partial charge in [-0.3, -0.25) is 0 Å². The molecule has 5 atom stereocenters. The second kappa shape index (κ2) is 13.2. The van der Waals surface area contributed by atoms with Crippen molar-refractivity contribution in [3.63, 3.8) is 0 Å². The lowest BCUT2D eigenvalue weighted by Gasteiger charge is -2.49. The highest BCUT2D eigenvalue weighted by atomic mass is 28.4. The van der Waals surface area contributed by atoms with Crippen LogP contribution in [-0.2, 0) is 13.9 Å². The monoisotopic (exact) mass is 510 g/mol. The minimum absolute atomic E-state index is 0.206. The van der Waals surface area contributed by atoms with Gasteiger partial charge in [-0.25, -0.2) is 0 Å². The molecule has 4 nitrogen and oxygen atoms in total. The van der Waals surface area contributed by atoms with E-state index in [9.17, 15) is 5.11 Å². The zero-order valence-electron chi connectivity index (χ0n) is 24.1. The molecule has 3 rings (SSSR count). The zero-order valence-corrected chi connectivity index (χ0v) is 25.1. The van der Waals surface area contributed by atoms with E-state index < -0.39 is 8.32 Å². The van der Waals surface area contributed by atoms with Crippen LogP contribution in [0.4, 0.5) is 0 Å². The minimum Gasteiger partial charge on any atom is -0.414 e. The van der Waals surface area contributed by atoms with Crippen molar-refractivity contribution in [2.75, 3.05) is 13.2 Å². The molecule has 5 heteroatoms. The zero-order chi connectivity index (χ0) is 25.5. The van der Waals surface area contributed by atoms with E-state index in [1.54, 1.807) is 0 Å². The van der Waals surface area contributed by atoms with Crippen LogP contribution < -0.4 is 0 Å². The maximum Gasteiger partial charge on any atom is 0.192 e. The second-order valence-electron chi connectivity index (χ2n) is 13.5. The quantitative estimate of drug-likeness (QED) is 0.168. The van der Waals surface area contributed by atoms with Crippen LogP contribution in [0.2, 0.25) is 18.1 Å². The number of aliphatic hydroxyl groups is 1. The molecule has 0 aromatic carbocycles. The largest absolute Gasteiger partial charge is 0.414 e. The SMILES string of the molecule is CCCCCCCCCCCCC(CCC1C(O)CC2C1CC21OCCO1)O[Si](C)(C)C(C)(C)C. The van der Waals surface area contributed by atoms with Crippen molar-refractivity contribution in [1.82, 2.24) is 0 Å². The summed E-state index contributed by atoms with van der Waals surface area (Å²) in [6.45, 7) is 15.5. The second-order valence-corrected chi connectivity index (χ2v) is 18.3. The normalized spacial score (nSPS) is 28.9. The first kappa shape index (κ1) is 29.6. The molecule has 1 heterocycles. The van der Waals surface area contributed by atoms with Gasteiger partial charge in [0, 0.05) is 18.4 Å². The molecule has 2 aliphatic carbocycles. The fourth-order valence-corrected chi connectivity index (χ4v) is 8.04. The molecular weight excluding hydrogens is 452 g/mol. The molecule has 206 valence electrons. The number of aliphatic hydroxyl groups excluding tert-OH is 1. The van der Waals surface area contributed by atoms with Crippen molar-refractivity contribution >= 4 is 8.32 Å². The van der Waals surface area contributed by atoms with Crippen molar-refractivity contribution in [3.05, 3.63) is 0 Å². The van der Waals surface area contributed by atoms with Gasteiger partial charge in [0.25, 0.3) is 0 Å². The molecule has 2 saturated carbocycles. The molecular formula is C30H58O4Si. The molecule has 3 aliphatic rings. The summed E-state index contributed by atoms with van der Waals surface area (Å²) in [5, 5.41) is 11.1. The highest BCUT2D eigenvalue weighted by Crippen LogP contribution is 2.60. The maximum absolute atomic E-state index is 10.9. The van der Waals surface area contributed by atoms with E-state index in [2.05, 4.69) is 40.8 Å². The topological polar surface area (TPSA) is 47.9 Å². The van der Waals surface area contributed by atoms with Crippen LogP contribution in [0.3, 0.4) is 0 Å². The van der Waals surface area contributed by atoms with Crippen molar-refractivity contribution in [3.8, 4) is 0 Å². The van der Waals surface area contributed by atoms with Gasteiger partial charge < -0.3 is 19.0 Å². The first-order valence-corrected chi connectivity index (χ1v) is 18.1. The van der Waals surface area contributed by atoms with Gasteiger partial charge in [0.1, 0.15) is 0 Å². The number of unbranched alkanes of at least 4 members (excludes halogenated alkanes) is 9. The first-order valence-electron chi connectivity index (χ1n) is 15.2. The average Bonchev–Trinajstić information content (AvgIpc) is 3.37. The van der Waals surface area contributed by atoms with Gasteiger partial charge in [0.05, 0.1) is 19.3 Å². The third-order valence-electron chi connectivity index (χ3n) is 9.89. The van der Waals surface area contributed by atoms with Gasteiger partial charge in [-0.15, -0.1) is 0 Å². The predicted octanol–water partition coefficient (Wildman–Crippen LogP) is 8.23. The van der Waals surface area contributed by atoms with E-state index in [0.29, 0.717) is 37.1 Å². The molecule has 0 bridgehead atoms. The maximum atomic E-state index is 10.9. The standard InChI is InChI=1S/C30H58O4Si/c1-7-8-9-10-11-12-13-14-15-16-17-24(34-35(5,6)29(2,3)4)18-19-25-26-23-30(32-20-21-33-30)27(26)22-28(25)31/h24-28,31H,7-23H2,1-6H3. The highest BCUT2D eigenvalue weighted by Gasteiger charge is 2.64. The van der Waals surface area contributed by atoms with Crippen LogP contribution >= 0.6 is 0 Å². The molecule has 0 radical (unpaired) electrons. The Labute approximate surface area is 218 Å². The Kier molecular flexibility index (Phi) is 11.2. The summed E-state index contributed by atoms with van der Waals surface area (Å²) in [6, 6.07) is 0. The van der Waals surface area contributed by atoms with E-state index in [-0.39, 0.29) is 16.9 Å². The molecule has 1 aliphatic heterocycles. The lowest BCUT2D eigenvalue weighted by Crippen LogP contribution is -2.54. The smallest absolute Gasteiger partial charge is 0.192 e. The predicted molar refractivity (Wildman–Crippen MR) is 148 cm³/mol. The Morgan fingerprint density at radius 1 is 0.914 bits per heavy atom. The number of ether oxygens (including phenoxy) is 2. The van der Waals surface area contributed by atoms with Gasteiger partial charge in [0.2, 0.25) is 0 Å². The summed E-state index contributed by atoms with van der Waals surface area (Å²) in [7, 11) is -1.80. The van der Waals surface area contributed by atoms with E-state index in [0.717, 1.165) is 25.7 Å². The Morgan fingerprint density at radius 2 is 1.49 bits per heavy atom. The Balaban J connectivity index is 1.43. The average molecular weight is 511 g/mol.